The lowest BCUT2D eigenvalue weighted by atomic mass is 10.0. The molecule has 1 N–H and O–H groups in total. The van der Waals surface area contributed by atoms with E-state index in [1.165, 1.54) is 0 Å². The lowest BCUT2D eigenvalue weighted by Crippen LogP contribution is -2.32. The lowest BCUT2D eigenvalue weighted by molar-refractivity contribution is 0.0911. The van der Waals surface area contributed by atoms with Crippen LogP contribution in [-0.2, 0) is 0 Å². The zero-order chi connectivity index (χ0) is 14.7. The molecule has 0 saturated carbocycles. The average Bonchev–Trinajstić information content (AvgIpc) is 2.79. The van der Waals surface area contributed by atoms with Crippen LogP contribution in [0.25, 0.3) is 11.0 Å². The molecule has 1 amide bonds. The van der Waals surface area contributed by atoms with Crippen LogP contribution in [-0.4, -0.2) is 11.9 Å². The first-order valence-corrected chi connectivity index (χ1v) is 7.33. The molecule has 0 saturated heterocycles. The Hall–Kier alpha value is -1.48. The van der Waals surface area contributed by atoms with E-state index in [1.54, 1.807) is 24.3 Å². The van der Waals surface area contributed by atoms with E-state index >= 15 is 0 Å². The highest BCUT2D eigenvalue weighted by molar-refractivity contribution is 6.31. The van der Waals surface area contributed by atoms with Gasteiger partial charge >= 0.3 is 0 Å². The second kappa shape index (κ2) is 6.31. The molecule has 0 aliphatic carbocycles. The van der Waals surface area contributed by atoms with Gasteiger partial charge < -0.3 is 9.73 Å². The average molecular weight is 294 g/mol. The molecule has 3 nitrogen and oxygen atoms in total. The fourth-order valence-electron chi connectivity index (χ4n) is 2.08. The van der Waals surface area contributed by atoms with Gasteiger partial charge in [0.25, 0.3) is 5.91 Å². The molecule has 0 fully saturated rings. The number of hydrogen-bond acceptors (Lipinski definition) is 2. The van der Waals surface area contributed by atoms with Crippen LogP contribution in [0.4, 0.5) is 0 Å². The Bertz CT molecular complexity index is 604. The van der Waals surface area contributed by atoms with Crippen LogP contribution in [0, 0.1) is 5.92 Å². The summed E-state index contributed by atoms with van der Waals surface area (Å²) in [4.78, 5) is 12.1. The van der Waals surface area contributed by atoms with Crippen molar-refractivity contribution in [2.45, 2.75) is 39.7 Å². The molecule has 0 radical (unpaired) electrons. The van der Waals surface area contributed by atoms with Gasteiger partial charge in [0.1, 0.15) is 5.58 Å². The van der Waals surface area contributed by atoms with Crippen molar-refractivity contribution in [3.63, 3.8) is 0 Å². The maximum atomic E-state index is 12.1. The molecule has 1 atom stereocenters. The zero-order valence-corrected chi connectivity index (χ0v) is 12.8. The maximum Gasteiger partial charge on any atom is 0.287 e. The Kier molecular flexibility index (Phi) is 4.71. The Balaban J connectivity index is 2.03. The van der Waals surface area contributed by atoms with Gasteiger partial charge in [0.15, 0.2) is 5.76 Å². The van der Waals surface area contributed by atoms with Crippen molar-refractivity contribution in [2.24, 2.45) is 5.92 Å². The fourth-order valence-corrected chi connectivity index (χ4v) is 2.26. The molecule has 0 bridgehead atoms. The molecule has 1 aromatic heterocycles. The van der Waals surface area contributed by atoms with E-state index in [-0.39, 0.29) is 11.9 Å². The monoisotopic (exact) mass is 293 g/mol. The van der Waals surface area contributed by atoms with Gasteiger partial charge in [-0.3, -0.25) is 4.79 Å². The molecule has 2 aromatic rings. The van der Waals surface area contributed by atoms with Gasteiger partial charge in [-0.2, -0.15) is 0 Å². The summed E-state index contributed by atoms with van der Waals surface area (Å²) in [5, 5.41) is 4.44. The summed E-state index contributed by atoms with van der Waals surface area (Å²) in [6.07, 6.45) is 2.06. The van der Waals surface area contributed by atoms with Crippen LogP contribution in [0.3, 0.4) is 0 Å². The predicted molar refractivity (Wildman–Crippen MR) is 82.2 cm³/mol. The normalized spacial score (nSPS) is 12.8. The van der Waals surface area contributed by atoms with E-state index in [2.05, 4.69) is 19.2 Å². The standard InChI is InChI=1S/C16H20ClNO2/c1-10(2)4-5-11(3)18-16(19)15-9-12-8-13(17)6-7-14(12)20-15/h6-11H,4-5H2,1-3H3,(H,18,19). The molecular formula is C16H20ClNO2. The third-order valence-electron chi connectivity index (χ3n) is 3.26. The second-order valence-corrected chi connectivity index (χ2v) is 6.07. The summed E-state index contributed by atoms with van der Waals surface area (Å²) in [5.74, 6) is 0.801. The van der Waals surface area contributed by atoms with Crippen LogP contribution < -0.4 is 5.32 Å². The Morgan fingerprint density at radius 2 is 2.00 bits per heavy atom. The molecule has 0 aliphatic heterocycles. The minimum atomic E-state index is -0.173. The highest BCUT2D eigenvalue weighted by Gasteiger charge is 2.15. The topological polar surface area (TPSA) is 42.2 Å². The van der Waals surface area contributed by atoms with Gasteiger partial charge in [-0.1, -0.05) is 25.4 Å². The van der Waals surface area contributed by atoms with E-state index in [0.29, 0.717) is 22.3 Å². The Morgan fingerprint density at radius 1 is 1.25 bits per heavy atom. The van der Waals surface area contributed by atoms with Gasteiger partial charge in [0, 0.05) is 16.5 Å². The SMILES string of the molecule is CC(C)CCC(C)NC(=O)c1cc2cc(Cl)ccc2o1. The van der Waals surface area contributed by atoms with E-state index in [9.17, 15) is 4.79 Å². The van der Waals surface area contributed by atoms with Crippen LogP contribution >= 0.6 is 11.6 Å². The first-order chi connectivity index (χ1) is 9.45. The number of carbonyl (C=O) groups is 1. The quantitative estimate of drug-likeness (QED) is 0.872. The number of halogens is 1. The van der Waals surface area contributed by atoms with Crippen molar-refractivity contribution in [1.29, 1.82) is 0 Å². The maximum absolute atomic E-state index is 12.1. The molecule has 20 heavy (non-hydrogen) atoms. The molecule has 4 heteroatoms. The van der Waals surface area contributed by atoms with Crippen LogP contribution in [0.2, 0.25) is 5.02 Å². The van der Waals surface area contributed by atoms with Gasteiger partial charge in [-0.25, -0.2) is 0 Å². The van der Waals surface area contributed by atoms with Crippen LogP contribution in [0.1, 0.15) is 44.2 Å². The van der Waals surface area contributed by atoms with Crippen LogP contribution in [0.5, 0.6) is 0 Å². The first-order valence-electron chi connectivity index (χ1n) is 6.95. The predicted octanol–water partition coefficient (Wildman–Crippen LogP) is 4.64. The summed E-state index contributed by atoms with van der Waals surface area (Å²) >= 11 is 5.92. The molecule has 1 heterocycles. The summed E-state index contributed by atoms with van der Waals surface area (Å²) < 4.78 is 5.54. The zero-order valence-electron chi connectivity index (χ0n) is 12.1. The summed E-state index contributed by atoms with van der Waals surface area (Å²) in [7, 11) is 0. The molecule has 1 unspecified atom stereocenters. The molecule has 0 aliphatic rings. The number of furan rings is 1. The molecule has 108 valence electrons. The summed E-state index contributed by atoms with van der Waals surface area (Å²) in [6, 6.07) is 7.18. The third-order valence-corrected chi connectivity index (χ3v) is 3.49. The van der Waals surface area contributed by atoms with Gasteiger partial charge in [0.05, 0.1) is 0 Å². The number of hydrogen-bond donors (Lipinski definition) is 1. The Labute approximate surface area is 124 Å². The first kappa shape index (κ1) is 14.9. The summed E-state index contributed by atoms with van der Waals surface area (Å²) in [5.41, 5.74) is 0.675. The van der Waals surface area contributed by atoms with Crippen LogP contribution in [0.15, 0.2) is 28.7 Å². The number of amides is 1. The second-order valence-electron chi connectivity index (χ2n) is 5.64. The number of benzene rings is 1. The van der Waals surface area contributed by atoms with E-state index < -0.39 is 0 Å². The van der Waals surface area contributed by atoms with Gasteiger partial charge in [-0.05, 0) is 49.9 Å². The van der Waals surface area contributed by atoms with Crippen molar-refractivity contribution in [1.82, 2.24) is 5.32 Å². The lowest BCUT2D eigenvalue weighted by Gasteiger charge is -2.13. The molecule has 1 aromatic carbocycles. The fraction of sp³-hybridized carbons (Fsp3) is 0.438. The number of rotatable bonds is 5. The largest absolute Gasteiger partial charge is 0.451 e. The van der Waals surface area contributed by atoms with E-state index in [4.69, 9.17) is 16.0 Å². The van der Waals surface area contributed by atoms with Crippen molar-refractivity contribution in [3.05, 3.63) is 35.0 Å². The summed E-state index contributed by atoms with van der Waals surface area (Å²) in [6.45, 7) is 6.37. The highest BCUT2D eigenvalue weighted by atomic mass is 35.5. The van der Waals surface area contributed by atoms with Crippen molar-refractivity contribution < 1.29 is 9.21 Å². The minimum absolute atomic E-state index is 0.140. The Morgan fingerprint density at radius 3 is 2.70 bits per heavy atom. The van der Waals surface area contributed by atoms with Gasteiger partial charge in [0.2, 0.25) is 0 Å². The molecule has 0 spiro atoms. The van der Waals surface area contributed by atoms with Crippen molar-refractivity contribution in [3.8, 4) is 0 Å². The third kappa shape index (κ3) is 3.76. The van der Waals surface area contributed by atoms with Gasteiger partial charge in [-0.15, -0.1) is 0 Å². The van der Waals surface area contributed by atoms with E-state index in [0.717, 1.165) is 18.2 Å². The van der Waals surface area contributed by atoms with E-state index in [1.807, 2.05) is 6.92 Å². The van der Waals surface area contributed by atoms with Crippen molar-refractivity contribution >= 4 is 28.5 Å². The smallest absolute Gasteiger partial charge is 0.287 e. The highest BCUT2D eigenvalue weighted by Crippen LogP contribution is 2.23. The molecule has 2 rings (SSSR count). The minimum Gasteiger partial charge on any atom is -0.451 e. The number of carbonyl (C=O) groups excluding carboxylic acids is 1. The molecular weight excluding hydrogens is 274 g/mol. The number of fused-ring (bicyclic) bond motifs is 1. The number of nitrogens with one attached hydrogen (secondary N) is 1. The van der Waals surface area contributed by atoms with Crippen molar-refractivity contribution in [2.75, 3.05) is 0 Å².